The van der Waals surface area contributed by atoms with Crippen LogP contribution < -0.4 is 15.4 Å². The molecule has 0 fully saturated rings. The van der Waals surface area contributed by atoms with E-state index >= 15 is 0 Å². The summed E-state index contributed by atoms with van der Waals surface area (Å²) in [4.78, 5) is 24.9. The van der Waals surface area contributed by atoms with Gasteiger partial charge in [-0.2, -0.15) is 5.26 Å². The van der Waals surface area contributed by atoms with Crippen LogP contribution in [0.25, 0.3) is 0 Å². The van der Waals surface area contributed by atoms with Crippen LogP contribution in [0, 0.1) is 25.2 Å². The number of ether oxygens (including phenoxy) is 1. The van der Waals surface area contributed by atoms with E-state index in [0.717, 1.165) is 44.4 Å². The van der Waals surface area contributed by atoms with Gasteiger partial charge < -0.3 is 15.4 Å². The van der Waals surface area contributed by atoms with Gasteiger partial charge in [-0.15, -0.1) is 0 Å². The predicted molar refractivity (Wildman–Crippen MR) is 130 cm³/mol. The highest BCUT2D eigenvalue weighted by atomic mass is 79.9. The molecule has 0 unspecified atom stereocenters. The van der Waals surface area contributed by atoms with Crippen molar-refractivity contribution in [1.29, 1.82) is 5.26 Å². The second-order valence-corrected chi connectivity index (χ2v) is 9.31. The summed E-state index contributed by atoms with van der Waals surface area (Å²) in [6.45, 7) is 6.34. The van der Waals surface area contributed by atoms with Crippen molar-refractivity contribution in [2.24, 2.45) is 0 Å². The number of hydrogen-bond acceptors (Lipinski definition) is 5. The van der Waals surface area contributed by atoms with Gasteiger partial charge in [-0.3, -0.25) is 9.59 Å². The second kappa shape index (κ2) is 10.7. The molecule has 1 heterocycles. The maximum absolute atomic E-state index is 12.6. The Labute approximate surface area is 200 Å². The summed E-state index contributed by atoms with van der Waals surface area (Å²) in [5.74, 6) is 0.0806. The van der Waals surface area contributed by atoms with Gasteiger partial charge >= 0.3 is 0 Å². The van der Waals surface area contributed by atoms with Crippen LogP contribution in [0.2, 0.25) is 0 Å². The van der Waals surface area contributed by atoms with E-state index in [1.807, 2.05) is 57.2 Å². The number of carbonyl (C=O) groups excluding carboxylic acids is 2. The highest BCUT2D eigenvalue weighted by Crippen LogP contribution is 2.36. The first-order chi connectivity index (χ1) is 15.3. The molecule has 6 nitrogen and oxygen atoms in total. The van der Waals surface area contributed by atoms with Crippen molar-refractivity contribution in [3.63, 3.8) is 0 Å². The first-order valence-electron chi connectivity index (χ1n) is 10.2. The highest BCUT2D eigenvalue weighted by Gasteiger charge is 2.30. The van der Waals surface area contributed by atoms with Crippen LogP contribution in [0.3, 0.4) is 0 Å². The SMILES string of the molecule is CCOc1ccc([C@H]2CC(=O)NC(SCC(=O)Nc3c(C)cc(Br)cc3C)=C2C#N)cc1. The fraction of sp³-hybridized carbons (Fsp3) is 0.292. The third-order valence-corrected chi connectivity index (χ3v) is 6.53. The van der Waals surface area contributed by atoms with Gasteiger partial charge in [0, 0.05) is 22.5 Å². The van der Waals surface area contributed by atoms with Crippen LogP contribution in [-0.4, -0.2) is 24.2 Å². The van der Waals surface area contributed by atoms with Crippen molar-refractivity contribution in [3.05, 3.63) is 68.2 Å². The first kappa shape index (κ1) is 23.9. The van der Waals surface area contributed by atoms with Crippen LogP contribution in [0.4, 0.5) is 5.69 Å². The molecule has 0 spiro atoms. The van der Waals surface area contributed by atoms with E-state index in [9.17, 15) is 14.9 Å². The van der Waals surface area contributed by atoms with Crippen LogP contribution >= 0.6 is 27.7 Å². The summed E-state index contributed by atoms with van der Waals surface area (Å²) < 4.78 is 6.43. The lowest BCUT2D eigenvalue weighted by Crippen LogP contribution is -2.31. The molecule has 2 aromatic rings. The second-order valence-electron chi connectivity index (χ2n) is 7.41. The molecule has 1 aliphatic heterocycles. The molecule has 1 aliphatic rings. The van der Waals surface area contributed by atoms with E-state index in [0.29, 0.717) is 17.2 Å². The number of halogens is 1. The molecule has 0 bridgehead atoms. The monoisotopic (exact) mass is 513 g/mol. The molecule has 0 radical (unpaired) electrons. The van der Waals surface area contributed by atoms with Crippen molar-refractivity contribution < 1.29 is 14.3 Å². The number of thioether (sulfide) groups is 1. The molecule has 166 valence electrons. The topological polar surface area (TPSA) is 91.2 Å². The van der Waals surface area contributed by atoms with E-state index in [1.165, 1.54) is 0 Å². The summed E-state index contributed by atoms with van der Waals surface area (Å²) in [6, 6.07) is 13.5. The van der Waals surface area contributed by atoms with Crippen molar-refractivity contribution in [2.45, 2.75) is 33.1 Å². The summed E-state index contributed by atoms with van der Waals surface area (Å²) in [5, 5.41) is 16.0. The van der Waals surface area contributed by atoms with Crippen LogP contribution in [0.1, 0.15) is 36.0 Å². The number of rotatable bonds is 7. The Morgan fingerprint density at radius 2 is 1.94 bits per heavy atom. The van der Waals surface area contributed by atoms with Crippen LogP contribution in [0.15, 0.2) is 51.5 Å². The van der Waals surface area contributed by atoms with Crippen molar-refractivity contribution in [3.8, 4) is 11.8 Å². The summed E-state index contributed by atoms with van der Waals surface area (Å²) in [5.41, 5.74) is 4.00. The van der Waals surface area contributed by atoms with Gasteiger partial charge in [-0.25, -0.2) is 0 Å². The number of nitriles is 1. The average molecular weight is 514 g/mol. The fourth-order valence-corrected chi connectivity index (χ4v) is 5.17. The molecule has 0 saturated carbocycles. The molecule has 0 aliphatic carbocycles. The molecule has 8 heteroatoms. The first-order valence-corrected chi connectivity index (χ1v) is 12.0. The van der Waals surface area contributed by atoms with Gasteiger partial charge in [0.05, 0.1) is 29.0 Å². The zero-order valence-electron chi connectivity index (χ0n) is 18.1. The van der Waals surface area contributed by atoms with Crippen molar-refractivity contribution >= 4 is 45.2 Å². The Kier molecular flexibility index (Phi) is 7.99. The van der Waals surface area contributed by atoms with Gasteiger partial charge in [-0.1, -0.05) is 39.8 Å². The molecule has 0 aromatic heterocycles. The maximum atomic E-state index is 12.6. The summed E-state index contributed by atoms with van der Waals surface area (Å²) in [6.07, 6.45) is 0.185. The minimum Gasteiger partial charge on any atom is -0.494 e. The molecule has 0 saturated heterocycles. The molecule has 2 aromatic carbocycles. The lowest BCUT2D eigenvalue weighted by Gasteiger charge is -2.25. The number of benzene rings is 2. The van der Waals surface area contributed by atoms with Crippen LogP contribution in [-0.2, 0) is 9.59 Å². The van der Waals surface area contributed by atoms with Gasteiger partial charge in [0.1, 0.15) is 5.75 Å². The number of carbonyl (C=O) groups is 2. The van der Waals surface area contributed by atoms with Crippen molar-refractivity contribution in [2.75, 3.05) is 17.7 Å². The molecule has 2 N–H and O–H groups in total. The smallest absolute Gasteiger partial charge is 0.234 e. The normalized spacial score (nSPS) is 15.7. The zero-order valence-corrected chi connectivity index (χ0v) is 20.5. The number of aryl methyl sites for hydroxylation is 2. The van der Waals surface area contributed by atoms with E-state index < -0.39 is 0 Å². The lowest BCUT2D eigenvalue weighted by atomic mass is 9.87. The number of allylic oxidation sites excluding steroid dienone is 1. The standard InChI is InChI=1S/C24H24BrN3O3S/c1-4-31-18-7-5-16(6-8-18)19-11-21(29)28-24(20(19)12-26)32-13-22(30)27-23-14(2)9-17(25)10-15(23)3/h5-10,19H,4,11,13H2,1-3H3,(H,27,30)(H,28,29)/t19-/m1/s1. The quantitative estimate of drug-likeness (QED) is 0.532. The minimum atomic E-state index is -0.356. The third-order valence-electron chi connectivity index (χ3n) is 5.06. The Hall–Kier alpha value is -2.76. The molecule has 3 rings (SSSR count). The van der Waals surface area contributed by atoms with Gasteiger partial charge in [0.2, 0.25) is 11.8 Å². The number of nitrogens with zero attached hydrogens (tertiary/aromatic N) is 1. The highest BCUT2D eigenvalue weighted by molar-refractivity contribution is 9.10. The Bertz CT molecular complexity index is 1080. The molecular formula is C24H24BrN3O3S. The average Bonchev–Trinajstić information content (AvgIpc) is 2.75. The maximum Gasteiger partial charge on any atom is 0.234 e. The predicted octanol–water partition coefficient (Wildman–Crippen LogP) is 5.18. The Balaban J connectivity index is 1.76. The third kappa shape index (κ3) is 5.72. The fourth-order valence-electron chi connectivity index (χ4n) is 3.60. The largest absolute Gasteiger partial charge is 0.494 e. The number of hydrogen-bond donors (Lipinski definition) is 2. The Morgan fingerprint density at radius 3 is 2.53 bits per heavy atom. The number of nitrogens with one attached hydrogen (secondary N) is 2. The molecule has 1 atom stereocenters. The lowest BCUT2D eigenvalue weighted by molar-refractivity contribution is -0.121. The van der Waals surface area contributed by atoms with Crippen molar-refractivity contribution in [1.82, 2.24) is 5.32 Å². The van der Waals surface area contributed by atoms with Gasteiger partial charge in [0.25, 0.3) is 0 Å². The van der Waals surface area contributed by atoms with Gasteiger partial charge in [0.15, 0.2) is 0 Å². The van der Waals surface area contributed by atoms with E-state index in [4.69, 9.17) is 4.74 Å². The van der Waals surface area contributed by atoms with E-state index in [2.05, 4.69) is 32.6 Å². The summed E-state index contributed by atoms with van der Waals surface area (Å²) >= 11 is 4.62. The zero-order chi connectivity index (χ0) is 23.3. The molecular weight excluding hydrogens is 490 g/mol. The van der Waals surface area contributed by atoms with Crippen LogP contribution in [0.5, 0.6) is 5.75 Å². The molecule has 32 heavy (non-hydrogen) atoms. The minimum absolute atomic E-state index is 0.0751. The van der Waals surface area contributed by atoms with E-state index in [-0.39, 0.29) is 29.9 Å². The number of anilines is 1. The molecule has 2 amide bonds. The Morgan fingerprint density at radius 1 is 1.28 bits per heavy atom. The van der Waals surface area contributed by atoms with E-state index in [1.54, 1.807) is 0 Å². The van der Waals surface area contributed by atoms with Gasteiger partial charge in [-0.05, 0) is 61.7 Å². The number of amides is 2. The summed E-state index contributed by atoms with van der Waals surface area (Å²) in [7, 11) is 0.